The van der Waals surface area contributed by atoms with Gasteiger partial charge < -0.3 is 10.1 Å². The second-order valence-corrected chi connectivity index (χ2v) is 3.97. The molecule has 0 aliphatic heterocycles. The molecule has 1 atom stereocenters. The zero-order valence-electron chi connectivity index (χ0n) is 10.7. The Balaban J connectivity index is 3.09. The first-order chi connectivity index (χ1) is 8.15. The third-order valence-corrected chi connectivity index (χ3v) is 3.07. The van der Waals surface area contributed by atoms with Crippen LogP contribution in [0.3, 0.4) is 0 Å². The van der Waals surface area contributed by atoms with Crippen LogP contribution in [-0.4, -0.2) is 21.7 Å². The van der Waals surface area contributed by atoms with E-state index in [9.17, 15) is 5.11 Å². The Kier molecular flexibility index (Phi) is 4.91. The van der Waals surface area contributed by atoms with E-state index in [2.05, 4.69) is 29.5 Å². The molecule has 1 rings (SSSR count). The molecule has 0 aliphatic rings. The lowest BCUT2D eigenvalue weighted by Crippen LogP contribution is -2.03. The minimum Gasteiger partial charge on any atom is -0.392 e. The number of imidazole rings is 1. The van der Waals surface area contributed by atoms with Gasteiger partial charge in [-0.1, -0.05) is 25.7 Å². The van der Waals surface area contributed by atoms with Crippen LogP contribution < -0.4 is 0 Å². The topological polar surface area (TPSA) is 48.9 Å². The molecule has 3 nitrogen and oxygen atoms in total. The van der Waals surface area contributed by atoms with Gasteiger partial charge in [0, 0.05) is 12.1 Å². The first-order valence-electron chi connectivity index (χ1n) is 5.74. The highest BCUT2D eigenvalue weighted by molar-refractivity contribution is 5.43. The van der Waals surface area contributed by atoms with Gasteiger partial charge >= 0.3 is 0 Å². The maximum Gasteiger partial charge on any atom is 0.0923 e. The second kappa shape index (κ2) is 6.21. The van der Waals surface area contributed by atoms with Gasteiger partial charge in [0.2, 0.25) is 0 Å². The van der Waals surface area contributed by atoms with Gasteiger partial charge in [0.15, 0.2) is 0 Å². The number of aliphatic hydroxyl groups is 1. The normalized spacial score (nSPS) is 15.4. The summed E-state index contributed by atoms with van der Waals surface area (Å²) in [7, 11) is 0. The van der Waals surface area contributed by atoms with Crippen molar-refractivity contribution in [2.75, 3.05) is 6.61 Å². The molecule has 0 saturated heterocycles. The van der Waals surface area contributed by atoms with Gasteiger partial charge in [-0.2, -0.15) is 0 Å². The van der Waals surface area contributed by atoms with Crippen molar-refractivity contribution in [1.29, 1.82) is 0 Å². The largest absolute Gasteiger partial charge is 0.392 e. The molecule has 0 fully saturated rings. The number of H-pyrrole nitrogens is 1. The predicted octanol–water partition coefficient (Wildman–Crippen LogP) is 2.95. The summed E-state index contributed by atoms with van der Waals surface area (Å²) < 4.78 is 0. The summed E-state index contributed by atoms with van der Waals surface area (Å²) in [6.07, 6.45) is 7.34. The molecule has 0 spiro atoms. The lowest BCUT2D eigenvalue weighted by atomic mass is 9.89. The molecule has 0 saturated carbocycles. The molecule has 0 radical (unpaired) electrons. The van der Waals surface area contributed by atoms with Gasteiger partial charge in [-0.05, 0) is 30.6 Å². The van der Waals surface area contributed by atoms with Crippen LogP contribution in [0.2, 0.25) is 0 Å². The highest BCUT2D eigenvalue weighted by Crippen LogP contribution is 2.29. The number of rotatable bonds is 5. The summed E-state index contributed by atoms with van der Waals surface area (Å²) >= 11 is 0. The first kappa shape index (κ1) is 13.5. The molecule has 92 valence electrons. The van der Waals surface area contributed by atoms with Crippen molar-refractivity contribution in [1.82, 2.24) is 9.97 Å². The SMILES string of the molecule is C=C/C(CO)=C(C)\C(=C/C)[C@H](C)c1c[nH]cn1. The highest BCUT2D eigenvalue weighted by atomic mass is 16.3. The van der Waals surface area contributed by atoms with Crippen LogP contribution in [0, 0.1) is 0 Å². The zero-order valence-corrected chi connectivity index (χ0v) is 10.7. The van der Waals surface area contributed by atoms with Crippen LogP contribution in [0.4, 0.5) is 0 Å². The van der Waals surface area contributed by atoms with Crippen molar-refractivity contribution in [3.05, 3.63) is 53.7 Å². The standard InChI is InChI=1S/C14H20N2O/c1-5-12(8-17)10(3)13(6-2)11(4)14-7-15-9-16-14/h5-7,9,11,17H,1,8H2,2-4H3,(H,15,16)/b12-10+,13-6+/t11-/m0/s1. The fourth-order valence-electron chi connectivity index (χ4n) is 1.98. The van der Waals surface area contributed by atoms with E-state index >= 15 is 0 Å². The molecule has 3 heteroatoms. The van der Waals surface area contributed by atoms with E-state index in [4.69, 9.17) is 0 Å². The number of aliphatic hydroxyl groups excluding tert-OH is 1. The molecular formula is C14H20N2O. The van der Waals surface area contributed by atoms with E-state index in [0.29, 0.717) is 0 Å². The first-order valence-corrected chi connectivity index (χ1v) is 5.74. The van der Waals surface area contributed by atoms with Crippen molar-refractivity contribution in [3.63, 3.8) is 0 Å². The number of aromatic amines is 1. The summed E-state index contributed by atoms with van der Waals surface area (Å²) in [5.41, 5.74) is 4.10. The summed E-state index contributed by atoms with van der Waals surface area (Å²) in [6.45, 7) is 9.85. The molecule has 0 aromatic carbocycles. The van der Waals surface area contributed by atoms with Crippen LogP contribution in [0.25, 0.3) is 0 Å². The number of aromatic nitrogens is 2. The third-order valence-electron chi connectivity index (χ3n) is 3.07. The Hall–Kier alpha value is -1.61. The monoisotopic (exact) mass is 232 g/mol. The van der Waals surface area contributed by atoms with E-state index < -0.39 is 0 Å². The fourth-order valence-corrected chi connectivity index (χ4v) is 1.98. The molecule has 17 heavy (non-hydrogen) atoms. The fraction of sp³-hybridized carbons (Fsp3) is 0.357. The van der Waals surface area contributed by atoms with Gasteiger partial charge in [-0.3, -0.25) is 0 Å². The Morgan fingerprint density at radius 3 is 2.76 bits per heavy atom. The molecular weight excluding hydrogens is 212 g/mol. The second-order valence-electron chi connectivity index (χ2n) is 3.97. The zero-order chi connectivity index (χ0) is 12.8. The minimum atomic E-state index is 0.0138. The third kappa shape index (κ3) is 2.94. The molecule has 1 aromatic rings. The highest BCUT2D eigenvalue weighted by Gasteiger charge is 2.15. The maximum atomic E-state index is 9.28. The van der Waals surface area contributed by atoms with E-state index in [1.807, 2.05) is 20.0 Å². The van der Waals surface area contributed by atoms with Gasteiger partial charge in [-0.25, -0.2) is 4.98 Å². The van der Waals surface area contributed by atoms with Crippen molar-refractivity contribution in [2.24, 2.45) is 0 Å². The molecule has 0 unspecified atom stereocenters. The van der Waals surface area contributed by atoms with Crippen LogP contribution in [0.15, 0.2) is 48.0 Å². The van der Waals surface area contributed by atoms with Crippen molar-refractivity contribution in [3.8, 4) is 0 Å². The lowest BCUT2D eigenvalue weighted by Gasteiger charge is -2.16. The van der Waals surface area contributed by atoms with Crippen molar-refractivity contribution >= 4 is 0 Å². The average Bonchev–Trinajstić information content (AvgIpc) is 2.85. The van der Waals surface area contributed by atoms with Crippen LogP contribution >= 0.6 is 0 Å². The van der Waals surface area contributed by atoms with Gasteiger partial charge in [0.05, 0.1) is 18.6 Å². The molecule has 1 aromatic heterocycles. The van der Waals surface area contributed by atoms with E-state index in [1.54, 1.807) is 12.4 Å². The number of nitrogens with zero attached hydrogens (tertiary/aromatic N) is 1. The number of nitrogens with one attached hydrogen (secondary N) is 1. The minimum absolute atomic E-state index is 0.0138. The molecule has 0 bridgehead atoms. The lowest BCUT2D eigenvalue weighted by molar-refractivity contribution is 0.334. The summed E-state index contributed by atoms with van der Waals surface area (Å²) in [4.78, 5) is 7.23. The Morgan fingerprint density at radius 1 is 1.65 bits per heavy atom. The smallest absolute Gasteiger partial charge is 0.0923 e. The average molecular weight is 232 g/mol. The summed E-state index contributed by atoms with van der Waals surface area (Å²) in [5.74, 6) is 0.202. The van der Waals surface area contributed by atoms with Gasteiger partial charge in [0.1, 0.15) is 0 Å². The molecule has 1 heterocycles. The summed E-state index contributed by atoms with van der Waals surface area (Å²) in [6, 6.07) is 0. The Labute approximate surface area is 103 Å². The quantitative estimate of drug-likeness (QED) is 0.767. The molecule has 0 aliphatic carbocycles. The predicted molar refractivity (Wildman–Crippen MR) is 70.7 cm³/mol. The summed E-state index contributed by atoms with van der Waals surface area (Å²) in [5, 5.41) is 9.28. The van der Waals surface area contributed by atoms with Crippen molar-refractivity contribution in [2.45, 2.75) is 26.7 Å². The maximum absolute atomic E-state index is 9.28. The Bertz CT molecular complexity index is 427. The van der Waals surface area contributed by atoms with E-state index in [1.165, 1.54) is 5.57 Å². The van der Waals surface area contributed by atoms with Crippen LogP contribution in [0.1, 0.15) is 32.4 Å². The van der Waals surface area contributed by atoms with Crippen LogP contribution in [0.5, 0.6) is 0 Å². The van der Waals surface area contributed by atoms with Gasteiger partial charge in [0.25, 0.3) is 0 Å². The van der Waals surface area contributed by atoms with Crippen LogP contribution in [-0.2, 0) is 0 Å². The van der Waals surface area contributed by atoms with Crippen molar-refractivity contribution < 1.29 is 5.11 Å². The van der Waals surface area contributed by atoms with E-state index in [-0.39, 0.29) is 12.5 Å². The number of hydrogen-bond donors (Lipinski definition) is 2. The molecule has 2 N–H and O–H groups in total. The Morgan fingerprint density at radius 2 is 2.35 bits per heavy atom. The van der Waals surface area contributed by atoms with E-state index in [0.717, 1.165) is 16.8 Å². The van der Waals surface area contributed by atoms with Gasteiger partial charge in [-0.15, -0.1) is 0 Å². The molecule has 0 amide bonds. The number of allylic oxidation sites excluding steroid dienone is 3. The number of hydrogen-bond acceptors (Lipinski definition) is 2.